The van der Waals surface area contributed by atoms with Gasteiger partial charge in [0.05, 0.1) is 11.4 Å². The maximum atomic E-state index is 5.71. The molecule has 0 amide bonds. The van der Waals surface area contributed by atoms with Crippen LogP contribution in [0.2, 0.25) is 0 Å². The predicted octanol–water partition coefficient (Wildman–Crippen LogP) is 3.46. The molecule has 26 heavy (non-hydrogen) atoms. The van der Waals surface area contributed by atoms with Crippen molar-refractivity contribution in [2.75, 3.05) is 11.9 Å². The molecule has 3 heterocycles. The van der Waals surface area contributed by atoms with Crippen molar-refractivity contribution in [2.24, 2.45) is 5.41 Å². The third kappa shape index (κ3) is 4.07. The Morgan fingerprint density at radius 2 is 2.04 bits per heavy atom. The van der Waals surface area contributed by atoms with Crippen molar-refractivity contribution in [2.45, 2.75) is 43.9 Å². The third-order valence-corrected chi connectivity index (χ3v) is 5.64. The van der Waals surface area contributed by atoms with E-state index in [1.54, 1.807) is 24.2 Å². The normalized spacial score (nSPS) is 15.2. The van der Waals surface area contributed by atoms with Gasteiger partial charge in [-0.05, 0) is 44.9 Å². The van der Waals surface area contributed by atoms with Crippen molar-refractivity contribution in [1.82, 2.24) is 25.0 Å². The average molecular weight is 370 g/mol. The van der Waals surface area contributed by atoms with Gasteiger partial charge < -0.3 is 9.73 Å². The molecule has 0 radical (unpaired) electrons. The lowest BCUT2D eigenvalue weighted by Crippen LogP contribution is -2.22. The van der Waals surface area contributed by atoms with Crippen LogP contribution in [0.5, 0.6) is 0 Å². The molecule has 0 atom stereocenters. The Balaban J connectivity index is 1.30. The van der Waals surface area contributed by atoms with E-state index in [0.717, 1.165) is 23.7 Å². The van der Waals surface area contributed by atoms with Crippen LogP contribution in [0.15, 0.2) is 39.9 Å². The molecule has 0 unspecified atom stereocenters. The predicted molar refractivity (Wildman–Crippen MR) is 100.0 cm³/mol. The molecule has 1 N–H and O–H groups in total. The maximum Gasteiger partial charge on any atom is 0.315 e. The highest BCUT2D eigenvalue weighted by molar-refractivity contribution is 7.98. The fourth-order valence-electron chi connectivity index (χ4n) is 2.95. The van der Waals surface area contributed by atoms with Crippen LogP contribution in [0.1, 0.15) is 30.1 Å². The molecule has 0 aliphatic heterocycles. The van der Waals surface area contributed by atoms with E-state index in [4.69, 9.17) is 4.42 Å². The average Bonchev–Trinajstić information content (AvgIpc) is 3.12. The Labute approximate surface area is 156 Å². The second-order valence-corrected chi connectivity index (χ2v) is 7.96. The van der Waals surface area contributed by atoms with E-state index in [1.807, 2.05) is 19.1 Å². The van der Waals surface area contributed by atoms with Gasteiger partial charge in [-0.2, -0.15) is 5.10 Å². The van der Waals surface area contributed by atoms with E-state index in [1.165, 1.54) is 18.5 Å². The van der Waals surface area contributed by atoms with Gasteiger partial charge in [0.15, 0.2) is 0 Å². The van der Waals surface area contributed by atoms with Crippen molar-refractivity contribution in [3.63, 3.8) is 0 Å². The molecule has 3 aromatic rings. The van der Waals surface area contributed by atoms with Crippen LogP contribution in [0.25, 0.3) is 0 Å². The Kier molecular flexibility index (Phi) is 4.67. The lowest BCUT2D eigenvalue weighted by molar-refractivity contribution is 0.404. The zero-order valence-electron chi connectivity index (χ0n) is 15.0. The van der Waals surface area contributed by atoms with Crippen LogP contribution in [-0.4, -0.2) is 31.5 Å². The van der Waals surface area contributed by atoms with Gasteiger partial charge >= 0.3 is 6.01 Å². The molecule has 3 aromatic heterocycles. The van der Waals surface area contributed by atoms with Gasteiger partial charge in [0, 0.05) is 41.5 Å². The molecule has 1 aliphatic carbocycles. The number of hydrogen-bond acceptors (Lipinski definition) is 7. The molecular weight excluding hydrogens is 348 g/mol. The fraction of sp³-hybridized carbons (Fsp3) is 0.444. The molecule has 7 nitrogen and oxygen atoms in total. The van der Waals surface area contributed by atoms with Crippen LogP contribution < -0.4 is 5.32 Å². The highest BCUT2D eigenvalue weighted by Crippen LogP contribution is 2.47. The lowest BCUT2D eigenvalue weighted by atomic mass is 10.1. The van der Waals surface area contributed by atoms with Crippen molar-refractivity contribution < 1.29 is 4.42 Å². The highest BCUT2D eigenvalue weighted by atomic mass is 32.2. The van der Waals surface area contributed by atoms with Crippen LogP contribution in [0.3, 0.4) is 0 Å². The van der Waals surface area contributed by atoms with E-state index >= 15 is 0 Å². The number of nitrogens with one attached hydrogen (secondary N) is 1. The first-order valence-electron chi connectivity index (χ1n) is 8.72. The summed E-state index contributed by atoms with van der Waals surface area (Å²) in [5.41, 5.74) is 2.52. The number of aromatic nitrogens is 5. The zero-order valence-corrected chi connectivity index (χ0v) is 15.8. The minimum atomic E-state index is 0.240. The van der Waals surface area contributed by atoms with E-state index in [2.05, 4.69) is 43.3 Å². The number of anilines is 1. The van der Waals surface area contributed by atoms with Gasteiger partial charge in [0.1, 0.15) is 0 Å². The second kappa shape index (κ2) is 7.11. The quantitative estimate of drug-likeness (QED) is 0.608. The van der Waals surface area contributed by atoms with E-state index in [9.17, 15) is 0 Å². The van der Waals surface area contributed by atoms with Crippen LogP contribution in [0, 0.1) is 19.3 Å². The van der Waals surface area contributed by atoms with Crippen molar-refractivity contribution in [3.8, 4) is 0 Å². The molecule has 0 saturated heterocycles. The summed E-state index contributed by atoms with van der Waals surface area (Å²) in [4.78, 5) is 5.15. The van der Waals surface area contributed by atoms with Gasteiger partial charge in [-0.3, -0.25) is 9.67 Å². The molecule has 0 bridgehead atoms. The fourth-order valence-corrected chi connectivity index (χ4v) is 3.67. The number of pyridine rings is 1. The number of rotatable bonds is 8. The second-order valence-electron chi connectivity index (χ2n) is 6.91. The minimum absolute atomic E-state index is 0.240. The number of aryl methyl sites for hydroxylation is 2. The SMILES string of the molecule is Cc1cc(C)n(CC2(CNc3nnc(CSc4ccncc4)o3)CC2)n1. The Hall–Kier alpha value is -2.35. The third-order valence-electron chi connectivity index (χ3n) is 4.64. The molecule has 4 rings (SSSR count). The standard InChI is InChI=1S/C18H22N6OS/c1-13-9-14(2)24(23-13)12-18(5-6-18)11-20-17-22-21-16(25-17)10-26-15-3-7-19-8-4-15/h3-4,7-9H,5-6,10-12H2,1-2H3,(H,20,22). The molecule has 136 valence electrons. The lowest BCUT2D eigenvalue weighted by Gasteiger charge is -2.16. The Morgan fingerprint density at radius 3 is 2.73 bits per heavy atom. The molecule has 1 fully saturated rings. The zero-order chi connectivity index (χ0) is 18.0. The summed E-state index contributed by atoms with van der Waals surface area (Å²) in [5, 5.41) is 16.1. The Morgan fingerprint density at radius 1 is 1.23 bits per heavy atom. The summed E-state index contributed by atoms with van der Waals surface area (Å²) in [6.45, 7) is 5.89. The monoisotopic (exact) mass is 370 g/mol. The van der Waals surface area contributed by atoms with Crippen molar-refractivity contribution >= 4 is 17.8 Å². The van der Waals surface area contributed by atoms with Crippen LogP contribution in [0.4, 0.5) is 6.01 Å². The van der Waals surface area contributed by atoms with Crippen LogP contribution >= 0.6 is 11.8 Å². The van der Waals surface area contributed by atoms with Gasteiger partial charge in [0.2, 0.25) is 5.89 Å². The van der Waals surface area contributed by atoms with Crippen molar-refractivity contribution in [1.29, 1.82) is 0 Å². The molecule has 1 saturated carbocycles. The summed E-state index contributed by atoms with van der Waals surface area (Å²) in [6.07, 6.45) is 5.94. The first-order valence-corrected chi connectivity index (χ1v) is 9.71. The highest BCUT2D eigenvalue weighted by Gasteiger charge is 2.43. The van der Waals surface area contributed by atoms with E-state index in [-0.39, 0.29) is 5.41 Å². The van der Waals surface area contributed by atoms with Gasteiger partial charge in [-0.15, -0.1) is 16.9 Å². The number of hydrogen-bond donors (Lipinski definition) is 1. The summed E-state index contributed by atoms with van der Waals surface area (Å²) < 4.78 is 7.82. The number of nitrogens with zero attached hydrogens (tertiary/aromatic N) is 5. The number of thioether (sulfide) groups is 1. The van der Waals surface area contributed by atoms with E-state index in [0.29, 0.717) is 17.7 Å². The topological polar surface area (TPSA) is 81.7 Å². The van der Waals surface area contributed by atoms with Gasteiger partial charge in [-0.1, -0.05) is 5.10 Å². The molecule has 0 spiro atoms. The molecular formula is C18H22N6OS. The van der Waals surface area contributed by atoms with Crippen LogP contribution in [-0.2, 0) is 12.3 Å². The molecule has 8 heteroatoms. The first kappa shape index (κ1) is 17.1. The first-order chi connectivity index (χ1) is 12.6. The van der Waals surface area contributed by atoms with Gasteiger partial charge in [0.25, 0.3) is 0 Å². The largest absolute Gasteiger partial charge is 0.407 e. The summed E-state index contributed by atoms with van der Waals surface area (Å²) in [5.74, 6) is 1.27. The summed E-state index contributed by atoms with van der Waals surface area (Å²) >= 11 is 1.65. The minimum Gasteiger partial charge on any atom is -0.407 e. The molecule has 0 aromatic carbocycles. The van der Waals surface area contributed by atoms with E-state index < -0.39 is 0 Å². The Bertz CT molecular complexity index is 871. The summed E-state index contributed by atoms with van der Waals surface area (Å²) in [7, 11) is 0. The van der Waals surface area contributed by atoms with Gasteiger partial charge in [-0.25, -0.2) is 0 Å². The molecule has 1 aliphatic rings. The smallest absolute Gasteiger partial charge is 0.315 e. The van der Waals surface area contributed by atoms with Crippen molar-refractivity contribution in [3.05, 3.63) is 47.9 Å². The maximum absolute atomic E-state index is 5.71. The summed E-state index contributed by atoms with van der Waals surface area (Å²) in [6, 6.07) is 6.55.